The molecule has 0 spiro atoms. The highest BCUT2D eigenvalue weighted by molar-refractivity contribution is 5.90. The zero-order valence-corrected chi connectivity index (χ0v) is 16.6. The Hall–Kier alpha value is -2.95. The Balaban J connectivity index is 1.71. The molecule has 0 radical (unpaired) electrons. The van der Waals surface area contributed by atoms with E-state index in [1.54, 1.807) is 0 Å². The summed E-state index contributed by atoms with van der Waals surface area (Å²) in [4.78, 5) is 9.54. The van der Waals surface area contributed by atoms with Crippen molar-refractivity contribution in [3.05, 3.63) is 59.5 Å². The average molecular weight is 371 g/mol. The second-order valence-corrected chi connectivity index (χ2v) is 8.78. The lowest BCUT2D eigenvalue weighted by molar-refractivity contribution is 0.363. The van der Waals surface area contributed by atoms with Gasteiger partial charge in [0.25, 0.3) is 0 Å². The molecule has 2 aromatic carbocycles. The Bertz CT molecular complexity index is 1190. The molecule has 1 aliphatic rings. The quantitative estimate of drug-likeness (QED) is 0.562. The fourth-order valence-electron chi connectivity index (χ4n) is 3.87. The van der Waals surface area contributed by atoms with Gasteiger partial charge in [0.15, 0.2) is 5.65 Å². The molecular formula is C23H25N5. The van der Waals surface area contributed by atoms with Crippen LogP contribution in [0.1, 0.15) is 56.6 Å². The zero-order valence-electron chi connectivity index (χ0n) is 16.6. The summed E-state index contributed by atoms with van der Waals surface area (Å²) < 4.78 is 2.02. The standard InChI is InChI=1S/C23H25N5/c1-23(2,3)28-22-19(20(24)25-21(26-22)15-11-12-15)18(27-28)13-16-9-6-8-14-7-4-5-10-17(14)16/h4-10,15H,11-13H2,1-3H3,(H2,24,25,26). The minimum atomic E-state index is -0.184. The molecule has 142 valence electrons. The Kier molecular flexibility index (Phi) is 3.69. The van der Waals surface area contributed by atoms with Crippen molar-refractivity contribution in [2.75, 3.05) is 5.73 Å². The predicted octanol–water partition coefficient (Wildman–Crippen LogP) is 4.78. The molecule has 0 atom stereocenters. The molecule has 5 rings (SSSR count). The van der Waals surface area contributed by atoms with Crippen LogP contribution in [-0.2, 0) is 12.0 Å². The number of nitrogens with zero attached hydrogens (tertiary/aromatic N) is 4. The minimum Gasteiger partial charge on any atom is -0.383 e. The summed E-state index contributed by atoms with van der Waals surface area (Å²) in [5.74, 6) is 1.88. The highest BCUT2D eigenvalue weighted by Gasteiger charge is 2.30. The van der Waals surface area contributed by atoms with Crippen molar-refractivity contribution in [3.8, 4) is 0 Å². The molecular weight excluding hydrogens is 346 g/mol. The Morgan fingerprint density at radius 2 is 1.79 bits per heavy atom. The maximum absolute atomic E-state index is 6.44. The lowest BCUT2D eigenvalue weighted by atomic mass is 10.00. The van der Waals surface area contributed by atoms with E-state index >= 15 is 0 Å². The predicted molar refractivity (Wildman–Crippen MR) is 113 cm³/mol. The van der Waals surface area contributed by atoms with E-state index in [0.717, 1.165) is 35.4 Å². The lowest BCUT2D eigenvalue weighted by Crippen LogP contribution is -2.24. The van der Waals surface area contributed by atoms with Crippen LogP contribution in [0, 0.1) is 0 Å². The van der Waals surface area contributed by atoms with Gasteiger partial charge < -0.3 is 5.73 Å². The summed E-state index contributed by atoms with van der Waals surface area (Å²) >= 11 is 0. The van der Waals surface area contributed by atoms with E-state index in [9.17, 15) is 0 Å². The van der Waals surface area contributed by atoms with Crippen LogP contribution in [0.4, 0.5) is 5.82 Å². The largest absolute Gasteiger partial charge is 0.383 e. The summed E-state index contributed by atoms with van der Waals surface area (Å²) in [5, 5.41) is 8.36. The molecule has 2 heterocycles. The van der Waals surface area contributed by atoms with Crippen molar-refractivity contribution >= 4 is 27.6 Å². The third-order valence-corrected chi connectivity index (χ3v) is 5.46. The second kappa shape index (κ2) is 6.03. The fraction of sp³-hybridized carbons (Fsp3) is 0.348. The highest BCUT2D eigenvalue weighted by Crippen LogP contribution is 2.40. The van der Waals surface area contributed by atoms with Gasteiger partial charge in [0.1, 0.15) is 11.6 Å². The normalized spacial score (nSPS) is 14.8. The monoisotopic (exact) mass is 371 g/mol. The number of anilines is 1. The summed E-state index contributed by atoms with van der Waals surface area (Å²) in [6.45, 7) is 6.45. The maximum atomic E-state index is 6.44. The summed E-state index contributed by atoms with van der Waals surface area (Å²) in [6, 6.07) is 14.9. The first-order chi connectivity index (χ1) is 13.4. The number of rotatable bonds is 3. The van der Waals surface area contributed by atoms with Gasteiger partial charge in [-0.25, -0.2) is 14.6 Å². The number of hydrogen-bond donors (Lipinski definition) is 1. The third kappa shape index (κ3) is 2.82. The Morgan fingerprint density at radius 1 is 1.04 bits per heavy atom. The molecule has 0 unspecified atom stereocenters. The van der Waals surface area contributed by atoms with Gasteiger partial charge in [0, 0.05) is 12.3 Å². The van der Waals surface area contributed by atoms with Gasteiger partial charge in [-0.2, -0.15) is 5.10 Å². The highest BCUT2D eigenvalue weighted by atomic mass is 15.3. The van der Waals surface area contributed by atoms with Crippen LogP contribution < -0.4 is 5.73 Å². The number of nitrogens with two attached hydrogens (primary N) is 1. The van der Waals surface area contributed by atoms with E-state index in [0.29, 0.717) is 18.2 Å². The topological polar surface area (TPSA) is 69.6 Å². The van der Waals surface area contributed by atoms with E-state index in [4.69, 9.17) is 15.8 Å². The van der Waals surface area contributed by atoms with Crippen LogP contribution in [0.25, 0.3) is 21.8 Å². The van der Waals surface area contributed by atoms with Crippen LogP contribution in [-0.4, -0.2) is 19.7 Å². The minimum absolute atomic E-state index is 0.184. The van der Waals surface area contributed by atoms with E-state index < -0.39 is 0 Å². The first-order valence-corrected chi connectivity index (χ1v) is 9.94. The van der Waals surface area contributed by atoms with Crippen molar-refractivity contribution in [2.45, 2.75) is 51.5 Å². The van der Waals surface area contributed by atoms with Crippen LogP contribution in [0.15, 0.2) is 42.5 Å². The molecule has 0 bridgehead atoms. The van der Waals surface area contributed by atoms with Crippen LogP contribution in [0.5, 0.6) is 0 Å². The molecule has 2 aromatic heterocycles. The summed E-state index contributed by atoms with van der Waals surface area (Å²) in [7, 11) is 0. The molecule has 5 heteroatoms. The van der Waals surface area contributed by atoms with Gasteiger partial charge in [-0.15, -0.1) is 0 Å². The van der Waals surface area contributed by atoms with Gasteiger partial charge in [0.05, 0.1) is 16.6 Å². The average Bonchev–Trinajstić information content (AvgIpc) is 3.43. The molecule has 28 heavy (non-hydrogen) atoms. The number of aromatic nitrogens is 4. The molecule has 0 saturated heterocycles. The van der Waals surface area contributed by atoms with Crippen molar-refractivity contribution in [2.24, 2.45) is 0 Å². The van der Waals surface area contributed by atoms with Crippen LogP contribution in [0.2, 0.25) is 0 Å². The molecule has 5 nitrogen and oxygen atoms in total. The van der Waals surface area contributed by atoms with E-state index in [1.165, 1.54) is 16.3 Å². The van der Waals surface area contributed by atoms with Gasteiger partial charge >= 0.3 is 0 Å². The molecule has 1 aliphatic carbocycles. The van der Waals surface area contributed by atoms with E-state index in [1.807, 2.05) is 4.68 Å². The molecule has 2 N–H and O–H groups in total. The number of benzene rings is 2. The van der Waals surface area contributed by atoms with Gasteiger partial charge in [-0.1, -0.05) is 42.5 Å². The van der Waals surface area contributed by atoms with E-state index in [2.05, 4.69) is 68.2 Å². The molecule has 0 amide bonds. The van der Waals surface area contributed by atoms with Gasteiger partial charge in [-0.05, 0) is 49.9 Å². The van der Waals surface area contributed by atoms with Crippen molar-refractivity contribution in [3.63, 3.8) is 0 Å². The third-order valence-electron chi connectivity index (χ3n) is 5.46. The fourth-order valence-corrected chi connectivity index (χ4v) is 3.87. The van der Waals surface area contributed by atoms with Crippen molar-refractivity contribution in [1.29, 1.82) is 0 Å². The zero-order chi connectivity index (χ0) is 19.5. The molecule has 4 aromatic rings. The first-order valence-electron chi connectivity index (χ1n) is 9.94. The number of hydrogen-bond acceptors (Lipinski definition) is 4. The smallest absolute Gasteiger partial charge is 0.164 e. The Morgan fingerprint density at radius 3 is 2.54 bits per heavy atom. The van der Waals surface area contributed by atoms with Crippen molar-refractivity contribution < 1.29 is 0 Å². The number of nitrogen functional groups attached to an aromatic ring is 1. The van der Waals surface area contributed by atoms with Crippen LogP contribution >= 0.6 is 0 Å². The lowest BCUT2D eigenvalue weighted by Gasteiger charge is -2.20. The molecule has 1 fully saturated rings. The van der Waals surface area contributed by atoms with Gasteiger partial charge in [-0.3, -0.25) is 0 Å². The van der Waals surface area contributed by atoms with Crippen LogP contribution in [0.3, 0.4) is 0 Å². The maximum Gasteiger partial charge on any atom is 0.164 e. The summed E-state index contributed by atoms with van der Waals surface area (Å²) in [5.41, 5.74) is 9.30. The molecule has 1 saturated carbocycles. The SMILES string of the molecule is CC(C)(C)n1nc(Cc2cccc3ccccc23)c2c(N)nc(C3CC3)nc21. The van der Waals surface area contributed by atoms with Crippen molar-refractivity contribution in [1.82, 2.24) is 19.7 Å². The molecule has 0 aliphatic heterocycles. The summed E-state index contributed by atoms with van der Waals surface area (Å²) in [6.07, 6.45) is 3.01. The van der Waals surface area contributed by atoms with E-state index in [-0.39, 0.29) is 5.54 Å². The first kappa shape index (κ1) is 17.2. The second-order valence-electron chi connectivity index (χ2n) is 8.78. The number of fused-ring (bicyclic) bond motifs is 2. The Labute approximate surface area is 164 Å². The van der Waals surface area contributed by atoms with Gasteiger partial charge in [0.2, 0.25) is 0 Å².